The molecule has 1 N–H and O–H groups in total. The highest BCUT2D eigenvalue weighted by molar-refractivity contribution is 5.69. The Kier molecular flexibility index (Phi) is 16.9. The van der Waals surface area contributed by atoms with Gasteiger partial charge in [0.25, 0.3) is 0 Å². The van der Waals surface area contributed by atoms with E-state index in [9.17, 15) is 9.90 Å². The van der Waals surface area contributed by atoms with Crippen LogP contribution in [0.4, 0.5) is 0 Å². The number of hydrogen-bond acceptors (Lipinski definition) is 3. The number of esters is 1. The molecule has 0 aromatic heterocycles. The van der Waals surface area contributed by atoms with Gasteiger partial charge in [-0.05, 0) is 142 Å². The van der Waals surface area contributed by atoms with E-state index in [1.54, 1.807) is 6.26 Å². The molecule has 4 aliphatic rings. The van der Waals surface area contributed by atoms with E-state index in [4.69, 9.17) is 4.74 Å². The zero-order valence-electron chi connectivity index (χ0n) is 32.7. The predicted molar refractivity (Wildman–Crippen MR) is 204 cm³/mol. The number of aliphatic hydroxyl groups excluding tert-OH is 1. The van der Waals surface area contributed by atoms with Crippen molar-refractivity contribution in [3.8, 4) is 0 Å². The van der Waals surface area contributed by atoms with Crippen molar-refractivity contribution < 1.29 is 14.6 Å². The molecular formula is C45H80O3. The Morgan fingerprint density at radius 1 is 0.729 bits per heavy atom. The van der Waals surface area contributed by atoms with Crippen molar-refractivity contribution in [2.75, 3.05) is 0 Å². The van der Waals surface area contributed by atoms with E-state index >= 15 is 0 Å². The van der Waals surface area contributed by atoms with Crippen LogP contribution in [0.25, 0.3) is 0 Å². The lowest BCUT2D eigenvalue weighted by atomic mass is 9.44. The third-order valence-electron chi connectivity index (χ3n) is 15.0. The van der Waals surface area contributed by atoms with Crippen LogP contribution in [0, 0.1) is 46.3 Å². The molecule has 0 radical (unpaired) electrons. The fraction of sp³-hybridized carbons (Fsp3) is 0.933. The van der Waals surface area contributed by atoms with E-state index in [-0.39, 0.29) is 12.1 Å². The first-order valence-electron chi connectivity index (χ1n) is 21.7. The minimum atomic E-state index is -0.0863. The molecule has 48 heavy (non-hydrogen) atoms. The number of rotatable bonds is 22. The average Bonchev–Trinajstić information content (AvgIpc) is 3.43. The fourth-order valence-electron chi connectivity index (χ4n) is 12.1. The number of hydrogen-bond donors (Lipinski definition) is 1. The Balaban J connectivity index is 1.02. The summed E-state index contributed by atoms with van der Waals surface area (Å²) in [6, 6.07) is 0. The molecule has 0 heterocycles. The van der Waals surface area contributed by atoms with Gasteiger partial charge >= 0.3 is 5.97 Å². The molecule has 0 saturated heterocycles. The van der Waals surface area contributed by atoms with E-state index < -0.39 is 0 Å². The Morgan fingerprint density at radius 3 is 2.12 bits per heavy atom. The zero-order valence-corrected chi connectivity index (χ0v) is 32.7. The van der Waals surface area contributed by atoms with Gasteiger partial charge < -0.3 is 9.84 Å². The molecule has 0 aromatic carbocycles. The molecule has 0 amide bonds. The number of carbonyl (C=O) groups is 1. The first-order valence-corrected chi connectivity index (χ1v) is 21.7. The molecule has 0 aromatic rings. The van der Waals surface area contributed by atoms with Crippen molar-refractivity contribution >= 4 is 5.97 Å². The smallest absolute Gasteiger partial charge is 0.310 e. The average molecular weight is 669 g/mol. The van der Waals surface area contributed by atoms with Crippen LogP contribution >= 0.6 is 0 Å². The van der Waals surface area contributed by atoms with Gasteiger partial charge in [0.15, 0.2) is 0 Å². The number of ether oxygens (including phenoxy) is 1. The van der Waals surface area contributed by atoms with Crippen LogP contribution in [-0.2, 0) is 9.53 Å². The summed E-state index contributed by atoms with van der Waals surface area (Å²) >= 11 is 0. The SMILES string of the molecule is CCCCCCC(O)CCCCCCCCCCC(=O)OC=C(C)CCC[C@@H](C)[C@H]1CC[C@H]2[C@@H]3CCC4CCCC[C@]4(C)[C@H]3CC[C@]12C. The maximum absolute atomic E-state index is 12.3. The molecule has 3 heteroatoms. The second kappa shape index (κ2) is 20.3. The second-order valence-corrected chi connectivity index (χ2v) is 18.3. The molecule has 0 aliphatic heterocycles. The van der Waals surface area contributed by atoms with Crippen LogP contribution in [-0.4, -0.2) is 17.2 Å². The summed E-state index contributed by atoms with van der Waals surface area (Å²) in [6.45, 7) is 12.4. The van der Waals surface area contributed by atoms with E-state index in [0.29, 0.717) is 17.3 Å². The van der Waals surface area contributed by atoms with Crippen LogP contribution in [0.3, 0.4) is 0 Å². The fourth-order valence-corrected chi connectivity index (χ4v) is 12.1. The summed E-state index contributed by atoms with van der Waals surface area (Å²) < 4.78 is 5.55. The Hall–Kier alpha value is -0.830. The van der Waals surface area contributed by atoms with Crippen LogP contribution in [0.1, 0.15) is 214 Å². The maximum Gasteiger partial charge on any atom is 0.310 e. The maximum atomic E-state index is 12.3. The third kappa shape index (κ3) is 11.1. The standard InChI is InChI=1S/C45H80O3/c1-6-7-8-15-24-38(46)25-16-13-11-9-10-12-14-17-26-43(47)48-34-35(2)21-20-22-36(3)40-29-30-41-39-28-27-37-23-18-19-32-44(37,4)42(39)31-33-45(40,41)5/h34,36-42,46H,6-33H2,1-5H3/t36-,37?,38?,39+,40-,41+,42+,44+,45-/m1/s1. The number of allylic oxidation sites excluding steroid dienone is 1. The Labute approximate surface area is 298 Å². The first kappa shape index (κ1) is 39.9. The van der Waals surface area contributed by atoms with Gasteiger partial charge in [0, 0.05) is 6.42 Å². The number of aliphatic hydroxyl groups is 1. The summed E-state index contributed by atoms with van der Waals surface area (Å²) in [5.41, 5.74) is 2.43. The summed E-state index contributed by atoms with van der Waals surface area (Å²) in [7, 11) is 0. The summed E-state index contributed by atoms with van der Waals surface area (Å²) in [6.07, 6.45) is 37.2. The van der Waals surface area contributed by atoms with Crippen LogP contribution in [0.5, 0.6) is 0 Å². The number of fused-ring (bicyclic) bond motifs is 5. The molecule has 4 rings (SSSR count). The minimum Gasteiger partial charge on any atom is -0.435 e. The minimum absolute atomic E-state index is 0.0624. The van der Waals surface area contributed by atoms with Gasteiger partial charge in [-0.25, -0.2) is 0 Å². The van der Waals surface area contributed by atoms with Crippen molar-refractivity contribution in [1.82, 2.24) is 0 Å². The lowest BCUT2D eigenvalue weighted by Crippen LogP contribution is -2.53. The van der Waals surface area contributed by atoms with Crippen LogP contribution in [0.15, 0.2) is 11.8 Å². The van der Waals surface area contributed by atoms with Gasteiger partial charge in [0.1, 0.15) is 0 Å². The Morgan fingerprint density at radius 2 is 1.40 bits per heavy atom. The van der Waals surface area contributed by atoms with Gasteiger partial charge in [-0.15, -0.1) is 0 Å². The van der Waals surface area contributed by atoms with Crippen molar-refractivity contribution in [2.24, 2.45) is 46.3 Å². The van der Waals surface area contributed by atoms with Gasteiger partial charge in [-0.3, -0.25) is 4.79 Å². The van der Waals surface area contributed by atoms with E-state index in [1.165, 1.54) is 140 Å². The highest BCUT2D eigenvalue weighted by Crippen LogP contribution is 2.68. The molecule has 4 saturated carbocycles. The zero-order chi connectivity index (χ0) is 34.4. The normalized spacial score (nSPS) is 33.0. The van der Waals surface area contributed by atoms with Gasteiger partial charge in [-0.2, -0.15) is 0 Å². The summed E-state index contributed by atoms with van der Waals surface area (Å²) in [5, 5.41) is 10.1. The van der Waals surface area contributed by atoms with E-state index in [1.807, 2.05) is 0 Å². The van der Waals surface area contributed by atoms with Gasteiger partial charge in [0.2, 0.25) is 0 Å². The molecule has 0 bridgehead atoms. The highest BCUT2D eigenvalue weighted by Gasteiger charge is 2.60. The lowest BCUT2D eigenvalue weighted by molar-refractivity contribution is -0.138. The molecule has 4 aliphatic carbocycles. The first-order chi connectivity index (χ1) is 23.2. The number of carbonyl (C=O) groups excluding carboxylic acids is 1. The second-order valence-electron chi connectivity index (χ2n) is 18.3. The summed E-state index contributed by atoms with van der Waals surface area (Å²) in [4.78, 5) is 12.3. The van der Waals surface area contributed by atoms with Crippen molar-refractivity contribution in [1.29, 1.82) is 0 Å². The molecular weight excluding hydrogens is 588 g/mol. The Bertz CT molecular complexity index is 956. The molecule has 3 nitrogen and oxygen atoms in total. The van der Waals surface area contributed by atoms with E-state index in [0.717, 1.165) is 74.0 Å². The third-order valence-corrected chi connectivity index (χ3v) is 15.0. The molecule has 4 fully saturated rings. The monoisotopic (exact) mass is 669 g/mol. The van der Waals surface area contributed by atoms with Gasteiger partial charge in [0.05, 0.1) is 12.4 Å². The summed E-state index contributed by atoms with van der Waals surface area (Å²) in [5.74, 6) is 5.65. The van der Waals surface area contributed by atoms with E-state index in [2.05, 4.69) is 34.6 Å². The quantitative estimate of drug-likeness (QED) is 0.0709. The van der Waals surface area contributed by atoms with Crippen LogP contribution < -0.4 is 0 Å². The van der Waals surface area contributed by atoms with Gasteiger partial charge in [-0.1, -0.05) is 118 Å². The lowest BCUT2D eigenvalue weighted by Gasteiger charge is -2.61. The molecule has 9 atom stereocenters. The molecule has 278 valence electrons. The topological polar surface area (TPSA) is 46.5 Å². The largest absolute Gasteiger partial charge is 0.435 e. The molecule has 0 spiro atoms. The van der Waals surface area contributed by atoms with Crippen molar-refractivity contribution in [3.63, 3.8) is 0 Å². The van der Waals surface area contributed by atoms with Crippen molar-refractivity contribution in [3.05, 3.63) is 11.8 Å². The number of unbranched alkanes of at least 4 members (excludes halogenated alkanes) is 10. The van der Waals surface area contributed by atoms with Crippen LogP contribution in [0.2, 0.25) is 0 Å². The van der Waals surface area contributed by atoms with Crippen molar-refractivity contribution in [2.45, 2.75) is 221 Å². The predicted octanol–water partition coefficient (Wildman–Crippen LogP) is 13.5. The highest BCUT2D eigenvalue weighted by atomic mass is 16.5. The molecule has 2 unspecified atom stereocenters.